The monoisotopic (exact) mass is 224 g/mol. The summed E-state index contributed by atoms with van der Waals surface area (Å²) >= 11 is 7.51. The molecule has 2 aromatic rings. The smallest absolute Gasteiger partial charge is 0.171 e. The molecule has 0 N–H and O–H groups in total. The molecule has 0 aliphatic carbocycles. The topological polar surface area (TPSA) is 25.8 Å². The van der Waals surface area contributed by atoms with Crippen LogP contribution in [-0.4, -0.2) is 9.97 Å². The van der Waals surface area contributed by atoms with E-state index in [0.717, 1.165) is 16.4 Å². The average molecular weight is 225 g/mol. The Morgan fingerprint density at radius 2 is 2.07 bits per heavy atom. The Morgan fingerprint density at radius 1 is 1.29 bits per heavy atom. The number of nitrogens with zero attached hydrogens (tertiary/aromatic N) is 2. The maximum Gasteiger partial charge on any atom is 0.171 e. The van der Waals surface area contributed by atoms with Crippen molar-refractivity contribution in [2.45, 2.75) is 13.8 Å². The van der Waals surface area contributed by atoms with Gasteiger partial charge < -0.3 is 0 Å². The fourth-order valence-electron chi connectivity index (χ4n) is 1.23. The highest BCUT2D eigenvalue weighted by Gasteiger charge is 2.07. The summed E-state index contributed by atoms with van der Waals surface area (Å²) in [5.74, 6) is 0.725. The van der Waals surface area contributed by atoms with Crippen LogP contribution in [0.2, 0.25) is 5.15 Å². The van der Waals surface area contributed by atoms with Gasteiger partial charge in [0.05, 0.1) is 4.88 Å². The van der Waals surface area contributed by atoms with Gasteiger partial charge in [0.15, 0.2) is 5.82 Å². The van der Waals surface area contributed by atoms with Gasteiger partial charge in [0, 0.05) is 5.69 Å². The van der Waals surface area contributed by atoms with E-state index in [4.69, 9.17) is 11.6 Å². The van der Waals surface area contributed by atoms with Crippen LogP contribution in [0, 0.1) is 13.8 Å². The van der Waals surface area contributed by atoms with Gasteiger partial charge in [-0.2, -0.15) is 0 Å². The third-order valence-corrected chi connectivity index (χ3v) is 3.09. The molecule has 0 saturated carbocycles. The van der Waals surface area contributed by atoms with E-state index in [9.17, 15) is 0 Å². The van der Waals surface area contributed by atoms with Crippen LogP contribution in [0.1, 0.15) is 11.3 Å². The van der Waals surface area contributed by atoms with Crippen molar-refractivity contribution in [2.24, 2.45) is 0 Å². The first kappa shape index (κ1) is 9.62. The fourth-order valence-corrected chi connectivity index (χ4v) is 2.33. The van der Waals surface area contributed by atoms with E-state index in [1.54, 1.807) is 17.4 Å². The van der Waals surface area contributed by atoms with Gasteiger partial charge in [0.25, 0.3) is 0 Å². The summed E-state index contributed by atoms with van der Waals surface area (Å²) in [7, 11) is 0. The van der Waals surface area contributed by atoms with Gasteiger partial charge in [0.1, 0.15) is 5.15 Å². The highest BCUT2D eigenvalue weighted by Crippen LogP contribution is 2.26. The minimum Gasteiger partial charge on any atom is -0.233 e. The largest absolute Gasteiger partial charge is 0.233 e. The Balaban J connectivity index is 2.57. The number of hydrogen-bond donors (Lipinski definition) is 0. The molecule has 0 bridgehead atoms. The van der Waals surface area contributed by atoms with Gasteiger partial charge in [-0.25, -0.2) is 9.97 Å². The zero-order valence-corrected chi connectivity index (χ0v) is 9.49. The van der Waals surface area contributed by atoms with Gasteiger partial charge in [0.2, 0.25) is 0 Å². The third-order valence-electron chi connectivity index (χ3n) is 1.89. The summed E-state index contributed by atoms with van der Waals surface area (Å²) in [4.78, 5) is 9.65. The number of aromatic nitrogens is 2. The molecule has 0 radical (unpaired) electrons. The van der Waals surface area contributed by atoms with Crippen molar-refractivity contribution < 1.29 is 0 Å². The Morgan fingerprint density at radius 3 is 2.64 bits per heavy atom. The van der Waals surface area contributed by atoms with E-state index >= 15 is 0 Å². The molecule has 4 heteroatoms. The van der Waals surface area contributed by atoms with Crippen LogP contribution in [0.15, 0.2) is 17.5 Å². The lowest BCUT2D eigenvalue weighted by atomic mass is 10.3. The average Bonchev–Trinajstić information content (AvgIpc) is 2.49. The van der Waals surface area contributed by atoms with Crippen LogP contribution in [0.4, 0.5) is 0 Å². The molecule has 0 aliphatic heterocycles. The summed E-state index contributed by atoms with van der Waals surface area (Å²) in [5.41, 5.74) is 2.09. The Labute approximate surface area is 91.6 Å². The van der Waals surface area contributed by atoms with E-state index in [0.29, 0.717) is 5.15 Å². The predicted molar refractivity (Wildman–Crippen MR) is 59.8 cm³/mol. The minimum absolute atomic E-state index is 0.500. The second kappa shape index (κ2) is 3.67. The van der Waals surface area contributed by atoms with Crippen molar-refractivity contribution in [1.29, 1.82) is 0 Å². The molecule has 0 aromatic carbocycles. The SMILES string of the molecule is Cc1cc(Cl)nc(-c2sccc2C)n1. The van der Waals surface area contributed by atoms with Crippen LogP contribution in [0.3, 0.4) is 0 Å². The van der Waals surface area contributed by atoms with Crippen molar-refractivity contribution >= 4 is 22.9 Å². The number of hydrogen-bond acceptors (Lipinski definition) is 3. The maximum atomic E-state index is 5.87. The molecule has 72 valence electrons. The van der Waals surface area contributed by atoms with Gasteiger partial charge in [-0.15, -0.1) is 11.3 Å². The lowest BCUT2D eigenvalue weighted by Crippen LogP contribution is -1.91. The lowest BCUT2D eigenvalue weighted by Gasteiger charge is -2.00. The molecule has 0 fully saturated rings. The van der Waals surface area contributed by atoms with E-state index < -0.39 is 0 Å². The van der Waals surface area contributed by atoms with Gasteiger partial charge in [-0.1, -0.05) is 11.6 Å². The number of aryl methyl sites for hydroxylation is 2. The van der Waals surface area contributed by atoms with Crippen LogP contribution >= 0.6 is 22.9 Å². The second-order valence-corrected chi connectivity index (χ2v) is 4.39. The first-order chi connectivity index (χ1) is 6.66. The Bertz CT molecular complexity index is 445. The molecule has 0 aliphatic rings. The standard InChI is InChI=1S/C10H9ClN2S/c1-6-3-4-14-9(6)10-12-7(2)5-8(11)13-10/h3-5H,1-2H3. The molecule has 0 unspecified atom stereocenters. The molecule has 2 rings (SSSR count). The number of rotatable bonds is 1. The molecule has 0 atom stereocenters. The van der Waals surface area contributed by atoms with Crippen molar-refractivity contribution in [2.75, 3.05) is 0 Å². The normalized spacial score (nSPS) is 10.5. The van der Waals surface area contributed by atoms with Crippen molar-refractivity contribution in [3.05, 3.63) is 33.9 Å². The molecule has 2 aromatic heterocycles. The van der Waals surface area contributed by atoms with Crippen molar-refractivity contribution in [3.63, 3.8) is 0 Å². The van der Waals surface area contributed by atoms with Gasteiger partial charge >= 0.3 is 0 Å². The van der Waals surface area contributed by atoms with Crippen LogP contribution in [0.25, 0.3) is 10.7 Å². The lowest BCUT2D eigenvalue weighted by molar-refractivity contribution is 1.11. The quantitative estimate of drug-likeness (QED) is 0.694. The fraction of sp³-hybridized carbons (Fsp3) is 0.200. The zero-order chi connectivity index (χ0) is 10.1. The van der Waals surface area contributed by atoms with Crippen molar-refractivity contribution in [3.8, 4) is 10.7 Å². The van der Waals surface area contributed by atoms with E-state index in [1.807, 2.05) is 19.2 Å². The molecule has 14 heavy (non-hydrogen) atoms. The van der Waals surface area contributed by atoms with E-state index in [2.05, 4.69) is 16.0 Å². The van der Waals surface area contributed by atoms with E-state index in [-0.39, 0.29) is 0 Å². The third kappa shape index (κ3) is 1.79. The van der Waals surface area contributed by atoms with Crippen LogP contribution < -0.4 is 0 Å². The number of halogens is 1. The molecule has 2 nitrogen and oxygen atoms in total. The summed E-state index contributed by atoms with van der Waals surface area (Å²) in [6, 6.07) is 3.81. The highest BCUT2D eigenvalue weighted by molar-refractivity contribution is 7.13. The molecule has 2 heterocycles. The van der Waals surface area contributed by atoms with E-state index in [1.165, 1.54) is 5.56 Å². The van der Waals surface area contributed by atoms with Gasteiger partial charge in [-0.3, -0.25) is 0 Å². The van der Waals surface area contributed by atoms with Crippen molar-refractivity contribution in [1.82, 2.24) is 9.97 Å². The second-order valence-electron chi connectivity index (χ2n) is 3.09. The Hall–Kier alpha value is -0.930. The maximum absolute atomic E-state index is 5.87. The molecular weight excluding hydrogens is 216 g/mol. The highest BCUT2D eigenvalue weighted by atomic mass is 35.5. The summed E-state index contributed by atoms with van der Waals surface area (Å²) in [6.45, 7) is 3.96. The molecule has 0 spiro atoms. The molecular formula is C10H9ClN2S. The minimum atomic E-state index is 0.500. The number of thiophene rings is 1. The zero-order valence-electron chi connectivity index (χ0n) is 7.91. The van der Waals surface area contributed by atoms with Gasteiger partial charge in [-0.05, 0) is 36.9 Å². The first-order valence-electron chi connectivity index (χ1n) is 4.22. The first-order valence-corrected chi connectivity index (χ1v) is 5.48. The predicted octanol–water partition coefficient (Wildman–Crippen LogP) is 3.48. The van der Waals surface area contributed by atoms with Crippen LogP contribution in [0.5, 0.6) is 0 Å². The summed E-state index contributed by atoms with van der Waals surface area (Å²) in [6.07, 6.45) is 0. The molecule has 0 saturated heterocycles. The Kier molecular flexibility index (Phi) is 2.52. The summed E-state index contributed by atoms with van der Waals surface area (Å²) in [5, 5.41) is 2.53. The molecule has 0 amide bonds. The summed E-state index contributed by atoms with van der Waals surface area (Å²) < 4.78 is 0. The van der Waals surface area contributed by atoms with Crippen LogP contribution in [-0.2, 0) is 0 Å².